The summed E-state index contributed by atoms with van der Waals surface area (Å²) in [5.41, 5.74) is 1.38. The van der Waals surface area contributed by atoms with Crippen molar-refractivity contribution in [3.8, 4) is 0 Å². The molecule has 1 aromatic rings. The average molecular weight is 657 g/mol. The van der Waals surface area contributed by atoms with Crippen LogP contribution in [0.1, 0.15) is 75.4 Å². The van der Waals surface area contributed by atoms with E-state index in [1.54, 1.807) is 23.4 Å². The van der Waals surface area contributed by atoms with Crippen LogP contribution >= 0.6 is 23.4 Å². The van der Waals surface area contributed by atoms with Gasteiger partial charge in [0, 0.05) is 46.5 Å². The van der Waals surface area contributed by atoms with Gasteiger partial charge in [-0.2, -0.15) is 11.8 Å². The van der Waals surface area contributed by atoms with E-state index in [0.717, 1.165) is 37.8 Å². The number of halogens is 3. The van der Waals surface area contributed by atoms with Gasteiger partial charge in [0.2, 0.25) is 0 Å². The van der Waals surface area contributed by atoms with E-state index in [-0.39, 0.29) is 58.7 Å². The first-order valence-electron chi connectivity index (χ1n) is 16.5. The van der Waals surface area contributed by atoms with Crippen LogP contribution in [0.25, 0.3) is 0 Å². The third-order valence-corrected chi connectivity index (χ3v) is 13.3. The number of alkyl halides is 3. The number of carboxylic acids is 1. The van der Waals surface area contributed by atoms with Gasteiger partial charge in [-0.05, 0) is 90.5 Å². The van der Waals surface area contributed by atoms with Gasteiger partial charge in [0.1, 0.15) is 5.82 Å². The number of carbonyl (C=O) groups is 1. The van der Waals surface area contributed by atoms with Crippen molar-refractivity contribution in [3.05, 3.63) is 27.4 Å². The molecule has 0 amide bonds. The first-order valence-corrected chi connectivity index (χ1v) is 18.0. The predicted octanol–water partition coefficient (Wildman–Crippen LogP) is 4.50. The number of hydrogen-bond donors (Lipinski definition) is 2. The average Bonchev–Trinajstić information content (AvgIpc) is 3.57. The lowest BCUT2D eigenvalue weighted by molar-refractivity contribution is -0.142. The molecule has 0 aromatic carbocycles. The first-order chi connectivity index (χ1) is 20.9. The fourth-order valence-corrected chi connectivity index (χ4v) is 11.1. The molecule has 44 heavy (non-hydrogen) atoms. The van der Waals surface area contributed by atoms with Gasteiger partial charge in [-0.15, -0.1) is 11.6 Å². The summed E-state index contributed by atoms with van der Waals surface area (Å²) in [6.07, 6.45) is 6.27. The molecule has 12 heteroatoms. The van der Waals surface area contributed by atoms with E-state index in [0.29, 0.717) is 61.9 Å². The third-order valence-electron chi connectivity index (χ3n) is 11.3. The summed E-state index contributed by atoms with van der Waals surface area (Å²) in [5, 5.41) is 13.7. The molecular weight excluding hydrogens is 610 g/mol. The molecule has 6 rings (SSSR count). The molecule has 3 aliphatic carbocycles. The van der Waals surface area contributed by atoms with E-state index >= 15 is 0 Å². The van der Waals surface area contributed by atoms with Gasteiger partial charge < -0.3 is 15.2 Å². The Morgan fingerprint density at radius 2 is 2.05 bits per heavy atom. The number of nitrogens with one attached hydrogen (secondary N) is 1. The van der Waals surface area contributed by atoms with Crippen molar-refractivity contribution in [2.24, 2.45) is 17.8 Å². The molecule has 246 valence electrons. The molecule has 2 aliphatic heterocycles. The van der Waals surface area contributed by atoms with Crippen molar-refractivity contribution in [2.75, 3.05) is 19.4 Å². The maximum atomic E-state index is 14.5. The zero-order valence-corrected chi connectivity index (χ0v) is 27.6. The summed E-state index contributed by atoms with van der Waals surface area (Å²) in [6, 6.07) is -0.692. The van der Waals surface area contributed by atoms with Crippen LogP contribution in [0.15, 0.2) is 4.79 Å². The zero-order chi connectivity index (χ0) is 31.3. The zero-order valence-electron chi connectivity index (χ0n) is 26.0. The second-order valence-electron chi connectivity index (χ2n) is 14.0. The fourth-order valence-electron chi connectivity index (χ4n) is 9.00. The summed E-state index contributed by atoms with van der Waals surface area (Å²) < 4.78 is 37.3. The second kappa shape index (κ2) is 13.1. The van der Waals surface area contributed by atoms with Crippen LogP contribution in [-0.2, 0) is 28.9 Å². The van der Waals surface area contributed by atoms with Gasteiger partial charge in [-0.25, -0.2) is 13.8 Å². The van der Waals surface area contributed by atoms with Gasteiger partial charge in [0.15, 0.2) is 0 Å². The Kier molecular flexibility index (Phi) is 9.72. The molecule has 2 saturated carbocycles. The monoisotopic (exact) mass is 656 g/mol. The molecule has 9 unspecified atom stereocenters. The first kappa shape index (κ1) is 32.7. The van der Waals surface area contributed by atoms with Crippen molar-refractivity contribution in [1.29, 1.82) is 0 Å². The molecular formula is C32H47ClF2N4O4S. The number of aryl methyl sites for hydroxylation is 2. The standard InChI is InChI=1S/C32H47ClF2N4O4S/c1-17-13-22(29-28(36-17)24(16-44-29)31(41)42)21-14-19(33)6-9-26(21)43-12-11-39-18(2)37-25-8-7-20(15-23(25)30(39)40)38(3)27-5-4-10-32(27,34)35/h17,19-22,24,26-29,36H,4-16H2,1-3H3,(H,41,42)/t17?,19?,20-,21?,22?,24?,26?,27?,28?,29?/m1/s1. The van der Waals surface area contributed by atoms with E-state index in [1.165, 1.54) is 0 Å². The molecule has 4 fully saturated rings. The van der Waals surface area contributed by atoms with Crippen molar-refractivity contribution in [3.63, 3.8) is 0 Å². The maximum absolute atomic E-state index is 14.5. The number of rotatable bonds is 8. The summed E-state index contributed by atoms with van der Waals surface area (Å²) in [5.74, 6) is -1.97. The van der Waals surface area contributed by atoms with Crippen LogP contribution in [0, 0.1) is 24.7 Å². The third kappa shape index (κ3) is 6.34. The number of likely N-dealkylation sites (N-methyl/N-ethyl adjacent to an activating group) is 1. The normalized spacial score (nSPS) is 38.4. The van der Waals surface area contributed by atoms with Crippen LogP contribution in [0.3, 0.4) is 0 Å². The molecule has 2 N–H and O–H groups in total. The topological polar surface area (TPSA) is 96.7 Å². The fraction of sp³-hybridized carbons (Fsp3) is 0.844. The van der Waals surface area contributed by atoms with Gasteiger partial charge in [0.25, 0.3) is 11.5 Å². The minimum absolute atomic E-state index is 0.00173. The minimum atomic E-state index is -2.68. The summed E-state index contributed by atoms with van der Waals surface area (Å²) in [4.78, 5) is 32.3. The smallest absolute Gasteiger partial charge is 0.308 e. The van der Waals surface area contributed by atoms with E-state index in [2.05, 4.69) is 12.2 Å². The Labute approximate surface area is 268 Å². The Morgan fingerprint density at radius 1 is 1.25 bits per heavy atom. The lowest BCUT2D eigenvalue weighted by atomic mass is 9.70. The number of nitrogens with zero attached hydrogens (tertiary/aromatic N) is 3. The van der Waals surface area contributed by atoms with Crippen molar-refractivity contribution >= 4 is 29.3 Å². The van der Waals surface area contributed by atoms with E-state index in [4.69, 9.17) is 21.3 Å². The van der Waals surface area contributed by atoms with Crippen LogP contribution in [0.5, 0.6) is 0 Å². The van der Waals surface area contributed by atoms with Gasteiger partial charge in [-0.3, -0.25) is 19.1 Å². The molecule has 3 heterocycles. The summed E-state index contributed by atoms with van der Waals surface area (Å²) in [7, 11) is 1.79. The maximum Gasteiger partial charge on any atom is 0.308 e. The second-order valence-corrected chi connectivity index (χ2v) is 15.8. The number of fused-ring (bicyclic) bond motifs is 2. The Bertz CT molecular complexity index is 1290. The van der Waals surface area contributed by atoms with Crippen molar-refractivity contribution in [2.45, 2.75) is 131 Å². The number of piperidine rings is 1. The highest BCUT2D eigenvalue weighted by atomic mass is 35.5. The molecule has 2 saturated heterocycles. The number of ether oxygens (including phenoxy) is 1. The largest absolute Gasteiger partial charge is 0.481 e. The molecule has 1 aromatic heterocycles. The van der Waals surface area contributed by atoms with Crippen LogP contribution in [-0.4, -0.2) is 91.8 Å². The quantitative estimate of drug-likeness (QED) is 0.395. The number of aliphatic carboxylic acids is 1. The lowest BCUT2D eigenvalue weighted by Gasteiger charge is -2.47. The van der Waals surface area contributed by atoms with Gasteiger partial charge in [-0.1, -0.05) is 0 Å². The lowest BCUT2D eigenvalue weighted by Crippen LogP contribution is -2.57. The molecule has 5 aliphatic rings. The predicted molar refractivity (Wildman–Crippen MR) is 168 cm³/mol. The summed E-state index contributed by atoms with van der Waals surface area (Å²) in [6.45, 7) is 4.74. The number of thioether (sulfide) groups is 1. The van der Waals surface area contributed by atoms with E-state index in [1.807, 2.05) is 11.8 Å². The van der Waals surface area contributed by atoms with Crippen molar-refractivity contribution in [1.82, 2.24) is 19.8 Å². The molecule has 0 bridgehead atoms. The highest BCUT2D eigenvalue weighted by Crippen LogP contribution is 2.48. The van der Waals surface area contributed by atoms with Crippen LogP contribution < -0.4 is 10.9 Å². The highest BCUT2D eigenvalue weighted by Gasteiger charge is 2.52. The van der Waals surface area contributed by atoms with Crippen molar-refractivity contribution < 1.29 is 23.4 Å². The number of hydrogen-bond acceptors (Lipinski definition) is 7. The van der Waals surface area contributed by atoms with Gasteiger partial charge >= 0.3 is 5.97 Å². The molecule has 10 atom stereocenters. The SMILES string of the molecule is Cc1nc2c(c(=O)n1CCOC1CCC(Cl)CC1C1CC(C)NC3C(C(=O)O)CSC13)C[C@H](N(C)C1CCCC1(F)F)CC2. The highest BCUT2D eigenvalue weighted by molar-refractivity contribution is 8.00. The molecule has 0 spiro atoms. The molecule has 0 radical (unpaired) electrons. The minimum Gasteiger partial charge on any atom is -0.481 e. The van der Waals surface area contributed by atoms with E-state index < -0.39 is 17.9 Å². The Balaban J connectivity index is 1.14. The molecule has 8 nitrogen and oxygen atoms in total. The van der Waals surface area contributed by atoms with Crippen LogP contribution in [0.4, 0.5) is 8.78 Å². The Hall–Kier alpha value is -1.27. The Morgan fingerprint density at radius 3 is 2.77 bits per heavy atom. The van der Waals surface area contributed by atoms with Gasteiger partial charge in [0.05, 0.1) is 36.9 Å². The number of carboxylic acid groups (broad SMARTS) is 1. The van der Waals surface area contributed by atoms with E-state index in [9.17, 15) is 23.5 Å². The number of aromatic nitrogens is 2. The summed E-state index contributed by atoms with van der Waals surface area (Å²) >= 11 is 8.49. The van der Waals surface area contributed by atoms with Crippen LogP contribution in [0.2, 0.25) is 0 Å².